The van der Waals surface area contributed by atoms with Gasteiger partial charge < -0.3 is 10.2 Å². The van der Waals surface area contributed by atoms with Crippen LogP contribution in [0.1, 0.15) is 25.8 Å². The maximum atomic E-state index is 5.86. The summed E-state index contributed by atoms with van der Waals surface area (Å²) in [6.07, 6.45) is 1.18. The van der Waals surface area contributed by atoms with Gasteiger partial charge in [0.15, 0.2) is 0 Å². The van der Waals surface area contributed by atoms with E-state index in [2.05, 4.69) is 43.2 Å². The Bertz CT molecular complexity index is 311. The van der Waals surface area contributed by atoms with Gasteiger partial charge in [0.2, 0.25) is 0 Å². The van der Waals surface area contributed by atoms with Crippen molar-refractivity contribution in [3.8, 4) is 0 Å². The molecule has 0 fully saturated rings. The predicted octanol–water partition coefficient (Wildman–Crippen LogP) is 3.16. The zero-order valence-corrected chi connectivity index (χ0v) is 11.8. The number of likely N-dealkylation sites (N-methyl/N-ethyl adjacent to an activating group) is 1. The summed E-state index contributed by atoms with van der Waals surface area (Å²) in [6.45, 7) is 7.50. The lowest BCUT2D eigenvalue weighted by molar-refractivity contribution is 0.317. The van der Waals surface area contributed by atoms with Crippen molar-refractivity contribution in [1.29, 1.82) is 0 Å². The van der Waals surface area contributed by atoms with Gasteiger partial charge in [0.25, 0.3) is 0 Å². The van der Waals surface area contributed by atoms with Crippen molar-refractivity contribution < 1.29 is 0 Å². The minimum Gasteiger partial charge on any atom is -0.313 e. The highest BCUT2D eigenvalue weighted by Crippen LogP contribution is 2.10. The Balaban J connectivity index is 2.25. The van der Waals surface area contributed by atoms with E-state index >= 15 is 0 Å². The lowest BCUT2D eigenvalue weighted by atomic mass is 10.2. The Hall–Kier alpha value is -0.570. The normalized spacial score (nSPS) is 13.0. The molecular formula is C14H23ClN2. The summed E-state index contributed by atoms with van der Waals surface area (Å²) < 4.78 is 0. The van der Waals surface area contributed by atoms with Crippen LogP contribution in [0.25, 0.3) is 0 Å². The second-order valence-corrected chi connectivity index (χ2v) is 5.06. The maximum Gasteiger partial charge on any atom is 0.0406 e. The van der Waals surface area contributed by atoms with E-state index < -0.39 is 0 Å². The SMILES string of the molecule is CCC(C)NCCN(C)Cc1ccc(Cl)cc1. The molecule has 0 amide bonds. The molecule has 1 atom stereocenters. The molecule has 1 rings (SSSR count). The number of hydrogen-bond donors (Lipinski definition) is 1. The molecule has 0 aliphatic heterocycles. The Morgan fingerprint density at radius 1 is 1.29 bits per heavy atom. The standard InChI is InChI=1S/C14H23ClN2/c1-4-12(2)16-9-10-17(3)11-13-5-7-14(15)8-6-13/h5-8,12,16H,4,9-11H2,1-3H3. The molecule has 0 aliphatic carbocycles. The monoisotopic (exact) mass is 254 g/mol. The summed E-state index contributed by atoms with van der Waals surface area (Å²) in [7, 11) is 2.15. The molecule has 3 heteroatoms. The molecule has 0 bridgehead atoms. The van der Waals surface area contributed by atoms with E-state index in [9.17, 15) is 0 Å². The van der Waals surface area contributed by atoms with Crippen molar-refractivity contribution in [2.24, 2.45) is 0 Å². The first-order valence-corrected chi connectivity index (χ1v) is 6.66. The summed E-state index contributed by atoms with van der Waals surface area (Å²) in [5.74, 6) is 0. The molecule has 1 aromatic carbocycles. The van der Waals surface area contributed by atoms with Crippen LogP contribution in [0.15, 0.2) is 24.3 Å². The largest absolute Gasteiger partial charge is 0.313 e. The number of halogens is 1. The third-order valence-electron chi connectivity index (χ3n) is 2.96. The third-order valence-corrected chi connectivity index (χ3v) is 3.22. The number of benzene rings is 1. The second kappa shape index (κ2) is 7.70. The summed E-state index contributed by atoms with van der Waals surface area (Å²) in [5, 5.41) is 4.30. The Labute approximate surface area is 110 Å². The van der Waals surface area contributed by atoms with E-state index in [4.69, 9.17) is 11.6 Å². The minimum absolute atomic E-state index is 0.610. The van der Waals surface area contributed by atoms with Gasteiger partial charge in [0.05, 0.1) is 0 Å². The first-order valence-electron chi connectivity index (χ1n) is 6.28. The van der Waals surface area contributed by atoms with Gasteiger partial charge in [-0.3, -0.25) is 0 Å². The van der Waals surface area contributed by atoms with Crippen LogP contribution in [0.4, 0.5) is 0 Å². The highest BCUT2D eigenvalue weighted by Gasteiger charge is 2.01. The van der Waals surface area contributed by atoms with Gasteiger partial charge in [0.1, 0.15) is 0 Å². The highest BCUT2D eigenvalue weighted by atomic mass is 35.5. The van der Waals surface area contributed by atoms with Crippen molar-refractivity contribution in [3.05, 3.63) is 34.9 Å². The first-order chi connectivity index (χ1) is 8.11. The van der Waals surface area contributed by atoms with E-state index in [0.717, 1.165) is 24.7 Å². The number of nitrogens with one attached hydrogen (secondary N) is 1. The van der Waals surface area contributed by atoms with Crippen molar-refractivity contribution >= 4 is 11.6 Å². The summed E-state index contributed by atoms with van der Waals surface area (Å²) >= 11 is 5.86. The minimum atomic E-state index is 0.610. The van der Waals surface area contributed by atoms with Gasteiger partial charge in [-0.15, -0.1) is 0 Å². The molecule has 2 nitrogen and oxygen atoms in total. The van der Waals surface area contributed by atoms with Gasteiger partial charge in [0, 0.05) is 30.7 Å². The molecule has 1 N–H and O–H groups in total. The highest BCUT2D eigenvalue weighted by molar-refractivity contribution is 6.30. The lowest BCUT2D eigenvalue weighted by Gasteiger charge is -2.18. The van der Waals surface area contributed by atoms with Crippen LogP contribution in [-0.4, -0.2) is 31.1 Å². The average molecular weight is 255 g/mol. The zero-order chi connectivity index (χ0) is 12.7. The maximum absolute atomic E-state index is 5.86. The van der Waals surface area contributed by atoms with Crippen molar-refractivity contribution in [2.75, 3.05) is 20.1 Å². The number of nitrogens with zero attached hydrogens (tertiary/aromatic N) is 1. The fourth-order valence-corrected chi connectivity index (χ4v) is 1.75. The molecule has 0 aromatic heterocycles. The average Bonchev–Trinajstić information content (AvgIpc) is 2.32. The molecule has 96 valence electrons. The molecule has 17 heavy (non-hydrogen) atoms. The van der Waals surface area contributed by atoms with Crippen molar-refractivity contribution in [3.63, 3.8) is 0 Å². The molecule has 0 saturated heterocycles. The Kier molecular flexibility index (Phi) is 6.56. The van der Waals surface area contributed by atoms with Gasteiger partial charge >= 0.3 is 0 Å². The first kappa shape index (κ1) is 14.5. The lowest BCUT2D eigenvalue weighted by Crippen LogP contribution is -2.33. The smallest absolute Gasteiger partial charge is 0.0406 e. The van der Waals surface area contributed by atoms with Crippen LogP contribution in [0.5, 0.6) is 0 Å². The predicted molar refractivity (Wildman–Crippen MR) is 75.5 cm³/mol. The van der Waals surface area contributed by atoms with Crippen molar-refractivity contribution in [1.82, 2.24) is 10.2 Å². The molecule has 1 unspecified atom stereocenters. The summed E-state index contributed by atoms with van der Waals surface area (Å²) in [6, 6.07) is 8.67. The van der Waals surface area contributed by atoms with Crippen LogP contribution in [0.3, 0.4) is 0 Å². The fourth-order valence-electron chi connectivity index (χ4n) is 1.63. The molecule has 0 spiro atoms. The second-order valence-electron chi connectivity index (χ2n) is 4.63. The van der Waals surface area contributed by atoms with E-state index in [0.29, 0.717) is 6.04 Å². The third kappa shape index (κ3) is 6.06. The van der Waals surface area contributed by atoms with Gasteiger partial charge in [-0.25, -0.2) is 0 Å². The molecule has 0 aliphatic rings. The molecule has 0 radical (unpaired) electrons. The molecular weight excluding hydrogens is 232 g/mol. The van der Waals surface area contributed by atoms with E-state index in [1.807, 2.05) is 12.1 Å². The Morgan fingerprint density at radius 3 is 2.53 bits per heavy atom. The topological polar surface area (TPSA) is 15.3 Å². The van der Waals surface area contributed by atoms with E-state index in [1.54, 1.807) is 0 Å². The van der Waals surface area contributed by atoms with E-state index in [1.165, 1.54) is 12.0 Å². The molecule has 0 heterocycles. The number of rotatable bonds is 7. The van der Waals surface area contributed by atoms with Crippen LogP contribution >= 0.6 is 11.6 Å². The van der Waals surface area contributed by atoms with Gasteiger partial charge in [-0.05, 0) is 38.1 Å². The van der Waals surface area contributed by atoms with Crippen LogP contribution in [0.2, 0.25) is 5.02 Å². The van der Waals surface area contributed by atoms with E-state index in [-0.39, 0.29) is 0 Å². The quantitative estimate of drug-likeness (QED) is 0.804. The van der Waals surface area contributed by atoms with Crippen LogP contribution < -0.4 is 5.32 Å². The molecule has 0 saturated carbocycles. The molecule has 1 aromatic rings. The van der Waals surface area contributed by atoms with Crippen LogP contribution in [0, 0.1) is 0 Å². The van der Waals surface area contributed by atoms with Gasteiger partial charge in [-0.1, -0.05) is 30.7 Å². The summed E-state index contributed by atoms with van der Waals surface area (Å²) in [5.41, 5.74) is 1.31. The van der Waals surface area contributed by atoms with Crippen molar-refractivity contribution in [2.45, 2.75) is 32.9 Å². The number of hydrogen-bond acceptors (Lipinski definition) is 2. The van der Waals surface area contributed by atoms with Gasteiger partial charge in [-0.2, -0.15) is 0 Å². The fraction of sp³-hybridized carbons (Fsp3) is 0.571. The van der Waals surface area contributed by atoms with Crippen LogP contribution in [-0.2, 0) is 6.54 Å². The zero-order valence-electron chi connectivity index (χ0n) is 11.0. The Morgan fingerprint density at radius 2 is 1.94 bits per heavy atom. The summed E-state index contributed by atoms with van der Waals surface area (Å²) in [4.78, 5) is 2.32.